The van der Waals surface area contributed by atoms with Crippen molar-refractivity contribution in [2.24, 2.45) is 0 Å². The largest absolute Gasteiger partial charge is 0.508 e. The van der Waals surface area contributed by atoms with E-state index in [1.807, 2.05) is 12.2 Å². The molecule has 3 aromatic carbocycles. The van der Waals surface area contributed by atoms with Gasteiger partial charge in [0.25, 0.3) is 0 Å². The molecule has 6 nitrogen and oxygen atoms in total. The normalized spacial score (nSPS) is 12.2. The molecule has 3 aromatic rings. The molecule has 1 atom stereocenters. The molecular weight excluding hydrogens is 504 g/mol. The van der Waals surface area contributed by atoms with Gasteiger partial charge in [-0.2, -0.15) is 0 Å². The number of carbonyl (C=O) groups is 1. The summed E-state index contributed by atoms with van der Waals surface area (Å²) < 4.78 is 5.35. The van der Waals surface area contributed by atoms with E-state index in [1.165, 1.54) is 63.5 Å². The lowest BCUT2D eigenvalue weighted by atomic mass is 9.87. The highest BCUT2D eigenvalue weighted by Gasteiger charge is 2.27. The smallest absolute Gasteiger partial charge is 0.193 e. The number of phenols is 4. The Morgan fingerprint density at radius 3 is 2.08 bits per heavy atom. The van der Waals surface area contributed by atoms with E-state index in [1.54, 1.807) is 42.5 Å². The SMILES string of the molecule is CCCCCCCCCC=CC(c1ccc(O)cc1)c1c(O)cc(OC)c(C(=O)C=Cc2ccc(O)cc2)c1O. The van der Waals surface area contributed by atoms with Gasteiger partial charge in [-0.3, -0.25) is 4.79 Å². The van der Waals surface area contributed by atoms with Crippen molar-refractivity contribution >= 4 is 11.9 Å². The van der Waals surface area contributed by atoms with E-state index in [4.69, 9.17) is 4.74 Å². The Hall–Kier alpha value is -4.19. The van der Waals surface area contributed by atoms with Crippen molar-refractivity contribution in [2.45, 2.75) is 64.2 Å². The van der Waals surface area contributed by atoms with Gasteiger partial charge in [-0.1, -0.05) is 87.9 Å². The van der Waals surface area contributed by atoms with Crippen LogP contribution in [-0.2, 0) is 0 Å². The van der Waals surface area contributed by atoms with Crippen molar-refractivity contribution < 1.29 is 30.0 Å². The molecule has 0 saturated carbocycles. The minimum Gasteiger partial charge on any atom is -0.508 e. The fraction of sp³-hybridized carbons (Fsp3) is 0.324. The summed E-state index contributed by atoms with van der Waals surface area (Å²) in [4.78, 5) is 13.3. The van der Waals surface area contributed by atoms with Gasteiger partial charge in [0.1, 0.15) is 34.3 Å². The lowest BCUT2D eigenvalue weighted by molar-refractivity contribution is 0.104. The van der Waals surface area contributed by atoms with E-state index in [2.05, 4.69) is 6.92 Å². The van der Waals surface area contributed by atoms with E-state index in [0.717, 1.165) is 24.8 Å². The van der Waals surface area contributed by atoms with Crippen molar-refractivity contribution in [3.63, 3.8) is 0 Å². The number of benzene rings is 3. The predicted molar refractivity (Wildman–Crippen MR) is 159 cm³/mol. The Morgan fingerprint density at radius 1 is 0.850 bits per heavy atom. The van der Waals surface area contributed by atoms with Crippen LogP contribution in [0.15, 0.2) is 72.8 Å². The molecule has 0 amide bonds. The molecule has 0 saturated heterocycles. The van der Waals surface area contributed by atoms with Crippen LogP contribution < -0.4 is 4.74 Å². The van der Waals surface area contributed by atoms with Gasteiger partial charge < -0.3 is 25.2 Å². The van der Waals surface area contributed by atoms with Crippen LogP contribution in [0.2, 0.25) is 0 Å². The zero-order chi connectivity index (χ0) is 28.9. The molecule has 0 aliphatic heterocycles. The summed E-state index contributed by atoms with van der Waals surface area (Å²) >= 11 is 0. The van der Waals surface area contributed by atoms with Crippen LogP contribution in [0.3, 0.4) is 0 Å². The number of unbranched alkanes of at least 4 members (excludes halogenated alkanes) is 7. The standard InChI is InChI=1S/C34H40O6/c1-3-4-5-6-7-8-9-10-11-12-28(25-16-20-27(36)21-17-25)32-30(38)23-31(40-2)33(34(32)39)29(37)22-15-24-13-18-26(35)19-14-24/h11-23,28,35-36,38-39H,3-10H2,1-2H3. The monoisotopic (exact) mass is 544 g/mol. The third-order valence-corrected chi connectivity index (χ3v) is 6.93. The van der Waals surface area contributed by atoms with Crippen LogP contribution in [-0.4, -0.2) is 33.3 Å². The van der Waals surface area contributed by atoms with E-state index in [9.17, 15) is 25.2 Å². The van der Waals surface area contributed by atoms with E-state index in [-0.39, 0.29) is 39.9 Å². The molecular formula is C34H40O6. The van der Waals surface area contributed by atoms with Crippen molar-refractivity contribution in [2.75, 3.05) is 7.11 Å². The average molecular weight is 545 g/mol. The zero-order valence-corrected chi connectivity index (χ0v) is 23.3. The van der Waals surface area contributed by atoms with Gasteiger partial charge >= 0.3 is 0 Å². The van der Waals surface area contributed by atoms with Crippen molar-refractivity contribution in [1.82, 2.24) is 0 Å². The number of aromatic hydroxyl groups is 4. The van der Waals surface area contributed by atoms with Crippen molar-refractivity contribution in [1.29, 1.82) is 0 Å². The van der Waals surface area contributed by atoms with Gasteiger partial charge in [-0.05, 0) is 54.3 Å². The fourth-order valence-corrected chi connectivity index (χ4v) is 4.70. The number of phenolic OH excluding ortho intramolecular Hbond substituents is 4. The topological polar surface area (TPSA) is 107 Å². The highest BCUT2D eigenvalue weighted by Crippen LogP contribution is 2.45. The molecule has 0 spiro atoms. The molecule has 0 fully saturated rings. The second-order valence-corrected chi connectivity index (χ2v) is 9.93. The number of hydrogen-bond donors (Lipinski definition) is 4. The number of hydrogen-bond acceptors (Lipinski definition) is 6. The maximum atomic E-state index is 13.3. The van der Waals surface area contributed by atoms with Crippen molar-refractivity contribution in [3.8, 4) is 28.7 Å². The predicted octanol–water partition coefficient (Wildman–Crippen LogP) is 8.24. The summed E-state index contributed by atoms with van der Waals surface area (Å²) in [7, 11) is 1.37. The van der Waals surface area contributed by atoms with Gasteiger partial charge in [0.05, 0.1) is 7.11 Å². The highest BCUT2D eigenvalue weighted by molar-refractivity contribution is 6.11. The molecule has 0 radical (unpaired) electrons. The zero-order valence-electron chi connectivity index (χ0n) is 23.3. The number of allylic oxidation sites excluding steroid dienone is 3. The summed E-state index contributed by atoms with van der Waals surface area (Å²) in [5.41, 5.74) is 1.56. The van der Waals surface area contributed by atoms with Gasteiger partial charge in [-0.15, -0.1) is 0 Å². The number of ether oxygens (including phenoxy) is 1. The summed E-state index contributed by atoms with van der Waals surface area (Å²) in [6, 6.07) is 14.3. The lowest BCUT2D eigenvalue weighted by Crippen LogP contribution is -2.06. The average Bonchev–Trinajstić information content (AvgIpc) is 2.95. The van der Waals surface area contributed by atoms with Crippen LogP contribution >= 0.6 is 0 Å². The maximum absolute atomic E-state index is 13.3. The molecule has 6 heteroatoms. The Labute approximate surface area is 236 Å². The minimum absolute atomic E-state index is 0.0515. The van der Waals surface area contributed by atoms with Crippen molar-refractivity contribution in [3.05, 3.63) is 95.1 Å². The summed E-state index contributed by atoms with van der Waals surface area (Å²) in [6.07, 6.45) is 16.1. The van der Waals surface area contributed by atoms with Crippen LogP contribution in [0, 0.1) is 0 Å². The molecule has 212 valence electrons. The van der Waals surface area contributed by atoms with E-state index < -0.39 is 11.7 Å². The number of rotatable bonds is 15. The molecule has 4 N–H and O–H groups in total. The number of ketones is 1. The number of methoxy groups -OCH3 is 1. The van der Waals surface area contributed by atoms with Gasteiger partial charge in [-0.25, -0.2) is 0 Å². The van der Waals surface area contributed by atoms with E-state index >= 15 is 0 Å². The molecule has 3 rings (SSSR count). The Morgan fingerprint density at radius 2 is 1.45 bits per heavy atom. The second-order valence-electron chi connectivity index (χ2n) is 9.93. The van der Waals surface area contributed by atoms with Crippen LogP contribution in [0.4, 0.5) is 0 Å². The molecule has 0 bridgehead atoms. The third-order valence-electron chi connectivity index (χ3n) is 6.93. The first kappa shape index (κ1) is 30.4. The molecule has 0 aromatic heterocycles. The molecule has 0 aliphatic rings. The van der Waals surface area contributed by atoms with Gasteiger partial charge in [0.2, 0.25) is 0 Å². The minimum atomic E-state index is -0.566. The molecule has 0 aliphatic carbocycles. The summed E-state index contributed by atoms with van der Waals surface area (Å²) in [5, 5.41) is 41.7. The van der Waals surface area contributed by atoms with Crippen LogP contribution in [0.1, 0.15) is 91.3 Å². The molecule has 0 heterocycles. The van der Waals surface area contributed by atoms with E-state index in [0.29, 0.717) is 5.56 Å². The first-order valence-electron chi connectivity index (χ1n) is 14.0. The summed E-state index contributed by atoms with van der Waals surface area (Å²) in [5.74, 6) is -1.36. The first-order chi connectivity index (χ1) is 19.3. The Bertz CT molecular complexity index is 1290. The Kier molecular flexibility index (Phi) is 11.7. The molecule has 40 heavy (non-hydrogen) atoms. The fourth-order valence-electron chi connectivity index (χ4n) is 4.70. The molecule has 1 unspecified atom stereocenters. The number of carbonyl (C=O) groups excluding carboxylic acids is 1. The Balaban J connectivity index is 1.91. The quantitative estimate of drug-likeness (QED) is 0.0664. The van der Waals surface area contributed by atoms with Crippen LogP contribution in [0.5, 0.6) is 28.7 Å². The second kappa shape index (κ2) is 15.4. The maximum Gasteiger partial charge on any atom is 0.193 e. The summed E-state index contributed by atoms with van der Waals surface area (Å²) in [6.45, 7) is 2.21. The highest BCUT2D eigenvalue weighted by atomic mass is 16.5. The third kappa shape index (κ3) is 8.40. The lowest BCUT2D eigenvalue weighted by Gasteiger charge is -2.20. The van der Waals surface area contributed by atoms with Gasteiger partial charge in [0, 0.05) is 17.5 Å². The first-order valence-corrected chi connectivity index (χ1v) is 14.0. The van der Waals surface area contributed by atoms with Gasteiger partial charge in [0.15, 0.2) is 5.78 Å². The van der Waals surface area contributed by atoms with Crippen LogP contribution in [0.25, 0.3) is 6.08 Å².